The van der Waals surface area contributed by atoms with Gasteiger partial charge in [-0.15, -0.1) is 0 Å². The van der Waals surface area contributed by atoms with E-state index in [0.29, 0.717) is 5.56 Å². The second-order valence-corrected chi connectivity index (χ2v) is 12.1. The molecule has 1 aromatic rings. The number of hydrogen-bond donors (Lipinski definition) is 2. The van der Waals surface area contributed by atoms with Crippen LogP contribution in [0.2, 0.25) is 0 Å². The van der Waals surface area contributed by atoms with E-state index in [4.69, 9.17) is 79.1 Å². The fourth-order valence-corrected chi connectivity index (χ4v) is 2.70. The van der Waals surface area contributed by atoms with Crippen molar-refractivity contribution in [2.75, 3.05) is 13.2 Å². The number of nitro benzene ring substituents is 1. The normalized spacial score (nSPS) is 12.2. The summed E-state index contributed by atoms with van der Waals surface area (Å²) >= 11 is 32.9. The van der Waals surface area contributed by atoms with Gasteiger partial charge in [0.25, 0.3) is 5.69 Å². The van der Waals surface area contributed by atoms with E-state index in [1.807, 2.05) is 5.32 Å². The molecular formula is C19H19Cl6N3O9. The number of nitrogens with zero attached hydrogens (tertiary/aromatic N) is 1. The molecule has 3 amide bonds. The summed E-state index contributed by atoms with van der Waals surface area (Å²) < 4.78 is 10.7. The van der Waals surface area contributed by atoms with Gasteiger partial charge in [0.1, 0.15) is 25.9 Å². The van der Waals surface area contributed by atoms with Crippen molar-refractivity contribution < 1.29 is 38.3 Å². The number of benzene rings is 1. The number of ether oxygens (including phenoxy) is 3. The average molecular weight is 646 g/mol. The molecule has 37 heavy (non-hydrogen) atoms. The molecule has 1 aromatic carbocycles. The summed E-state index contributed by atoms with van der Waals surface area (Å²) in [5.74, 6) is -1.68. The second-order valence-electron chi connectivity index (χ2n) is 7.05. The van der Waals surface area contributed by atoms with E-state index >= 15 is 0 Å². The number of carbonyl (C=O) groups excluding carboxylic acids is 4. The molecule has 0 saturated carbocycles. The van der Waals surface area contributed by atoms with Gasteiger partial charge >= 0.3 is 18.2 Å². The molecule has 0 bridgehead atoms. The van der Waals surface area contributed by atoms with E-state index in [-0.39, 0.29) is 31.6 Å². The van der Waals surface area contributed by atoms with Crippen LogP contribution in [0.4, 0.5) is 15.3 Å². The van der Waals surface area contributed by atoms with Gasteiger partial charge in [-0.05, 0) is 30.5 Å². The summed E-state index contributed by atoms with van der Waals surface area (Å²) in [6.07, 6.45) is -2.66. The Balaban J connectivity index is 2.68. The lowest BCUT2D eigenvalue weighted by Crippen LogP contribution is -2.43. The van der Waals surface area contributed by atoms with Gasteiger partial charge in [0.2, 0.25) is 13.5 Å². The first-order valence-electron chi connectivity index (χ1n) is 9.99. The summed E-state index contributed by atoms with van der Waals surface area (Å²) in [6.45, 7) is -1.49. The second kappa shape index (κ2) is 15.5. The van der Waals surface area contributed by atoms with E-state index < -0.39 is 55.8 Å². The van der Waals surface area contributed by atoms with Crippen molar-refractivity contribution in [3.8, 4) is 0 Å². The van der Waals surface area contributed by atoms with Crippen molar-refractivity contribution in [2.45, 2.75) is 39.5 Å². The van der Waals surface area contributed by atoms with Crippen molar-refractivity contribution >= 4 is 99.4 Å². The van der Waals surface area contributed by atoms with Crippen LogP contribution in [0, 0.1) is 10.1 Å². The van der Waals surface area contributed by atoms with Crippen LogP contribution in [-0.4, -0.2) is 55.8 Å². The molecule has 12 nitrogen and oxygen atoms in total. The van der Waals surface area contributed by atoms with Gasteiger partial charge < -0.3 is 19.5 Å². The van der Waals surface area contributed by atoms with Crippen LogP contribution in [0.1, 0.15) is 24.8 Å². The summed E-state index contributed by atoms with van der Waals surface area (Å²) in [7, 11) is 0. The van der Waals surface area contributed by atoms with Gasteiger partial charge in [0.15, 0.2) is 0 Å². The van der Waals surface area contributed by atoms with E-state index in [1.165, 1.54) is 24.3 Å². The highest BCUT2D eigenvalue weighted by atomic mass is 35.6. The van der Waals surface area contributed by atoms with E-state index in [9.17, 15) is 29.3 Å². The standard InChI is InChI=1S/C19H19Cl6N3O9/c20-18(21,22)9-36-16(31)26-13(2-1-3-14(29)27-17(32)37-10-19(23,24)25)15(30)35-8-11-4-6-12(7-5-11)28(33)34/h4-7,13H,1-3,8-10H2,(H,26,31)(H,27,29,32)/t13-/m0/s1. The molecule has 1 rings (SSSR count). The number of carbonyl (C=O) groups is 4. The largest absolute Gasteiger partial charge is 0.459 e. The lowest BCUT2D eigenvalue weighted by Gasteiger charge is -2.19. The zero-order valence-corrected chi connectivity index (χ0v) is 23.1. The quantitative estimate of drug-likeness (QED) is 0.112. The predicted molar refractivity (Wildman–Crippen MR) is 135 cm³/mol. The zero-order valence-electron chi connectivity index (χ0n) is 18.5. The first kappa shape index (κ1) is 33.1. The van der Waals surface area contributed by atoms with Gasteiger partial charge in [0.05, 0.1) is 4.92 Å². The van der Waals surface area contributed by atoms with Crippen molar-refractivity contribution in [3.63, 3.8) is 0 Å². The third-order valence-corrected chi connectivity index (χ3v) is 4.63. The lowest BCUT2D eigenvalue weighted by molar-refractivity contribution is -0.384. The third-order valence-electron chi connectivity index (χ3n) is 3.98. The maximum Gasteiger partial charge on any atom is 0.413 e. The van der Waals surface area contributed by atoms with Crippen molar-refractivity contribution in [1.82, 2.24) is 10.6 Å². The Morgan fingerprint density at radius 3 is 1.95 bits per heavy atom. The highest BCUT2D eigenvalue weighted by Gasteiger charge is 2.27. The third kappa shape index (κ3) is 15.8. The maximum absolute atomic E-state index is 12.6. The minimum absolute atomic E-state index is 0.00833. The Bertz CT molecular complexity index is 968. The molecule has 0 aliphatic rings. The van der Waals surface area contributed by atoms with E-state index in [1.54, 1.807) is 0 Å². The minimum atomic E-state index is -1.90. The highest BCUT2D eigenvalue weighted by molar-refractivity contribution is 6.68. The zero-order chi connectivity index (χ0) is 28.2. The molecule has 0 radical (unpaired) electrons. The molecule has 0 aliphatic carbocycles. The first-order chi connectivity index (χ1) is 17.1. The van der Waals surface area contributed by atoms with Crippen LogP contribution in [0.3, 0.4) is 0 Å². The number of alkyl halides is 6. The monoisotopic (exact) mass is 643 g/mol. The Morgan fingerprint density at radius 2 is 1.43 bits per heavy atom. The summed E-state index contributed by atoms with van der Waals surface area (Å²) in [4.78, 5) is 58.2. The number of alkyl carbamates (subject to hydrolysis) is 2. The molecule has 0 heterocycles. The molecule has 18 heteroatoms. The molecule has 0 unspecified atom stereocenters. The summed E-state index contributed by atoms with van der Waals surface area (Å²) in [5, 5.41) is 14.9. The SMILES string of the molecule is O=C(CCC[C@H](NC(=O)OCC(Cl)(Cl)Cl)C(=O)OCc1ccc([N+](=O)[O-])cc1)NC(=O)OCC(Cl)(Cl)Cl. The Morgan fingerprint density at radius 1 is 0.892 bits per heavy atom. The summed E-state index contributed by atoms with van der Waals surface area (Å²) in [5.41, 5.74) is 0.282. The number of nitro groups is 1. The van der Waals surface area contributed by atoms with Gasteiger partial charge in [-0.2, -0.15) is 0 Å². The molecule has 206 valence electrons. The van der Waals surface area contributed by atoms with Crippen molar-refractivity contribution in [3.05, 3.63) is 39.9 Å². The Hall–Kier alpha value is -1.96. The first-order valence-corrected chi connectivity index (χ1v) is 12.3. The molecule has 1 atom stereocenters. The van der Waals surface area contributed by atoms with Gasteiger partial charge in [-0.25, -0.2) is 14.4 Å². The molecule has 0 fully saturated rings. The molecule has 2 N–H and O–H groups in total. The number of hydrogen-bond acceptors (Lipinski definition) is 9. The van der Waals surface area contributed by atoms with Gasteiger partial charge in [-0.3, -0.25) is 20.2 Å². The number of esters is 1. The molecule has 0 spiro atoms. The topological polar surface area (TPSA) is 163 Å². The lowest BCUT2D eigenvalue weighted by atomic mass is 10.1. The van der Waals surface area contributed by atoms with Crippen LogP contribution in [0.5, 0.6) is 0 Å². The van der Waals surface area contributed by atoms with Crippen molar-refractivity contribution in [1.29, 1.82) is 0 Å². The number of halogens is 6. The van der Waals surface area contributed by atoms with Crippen LogP contribution in [0.15, 0.2) is 24.3 Å². The van der Waals surface area contributed by atoms with Crippen molar-refractivity contribution in [2.24, 2.45) is 0 Å². The molecule has 0 aliphatic heterocycles. The van der Waals surface area contributed by atoms with Crippen LogP contribution in [0.25, 0.3) is 0 Å². The Labute approximate surface area is 240 Å². The number of nitrogens with one attached hydrogen (secondary N) is 2. The van der Waals surface area contributed by atoms with Crippen LogP contribution < -0.4 is 10.6 Å². The number of non-ortho nitro benzene ring substituents is 1. The van der Waals surface area contributed by atoms with Crippen LogP contribution in [-0.2, 0) is 30.4 Å². The molecular weight excluding hydrogens is 627 g/mol. The number of imide groups is 1. The van der Waals surface area contributed by atoms with E-state index in [2.05, 4.69) is 10.1 Å². The van der Waals surface area contributed by atoms with Gasteiger partial charge in [0, 0.05) is 18.6 Å². The van der Waals surface area contributed by atoms with Crippen LogP contribution >= 0.6 is 69.6 Å². The molecule has 0 aromatic heterocycles. The fourth-order valence-electron chi connectivity index (χ4n) is 2.38. The average Bonchev–Trinajstić information content (AvgIpc) is 2.78. The van der Waals surface area contributed by atoms with Gasteiger partial charge in [-0.1, -0.05) is 69.6 Å². The predicted octanol–water partition coefficient (Wildman–Crippen LogP) is 4.90. The number of rotatable bonds is 11. The Kier molecular flexibility index (Phi) is 13.8. The maximum atomic E-state index is 12.6. The smallest absolute Gasteiger partial charge is 0.413 e. The minimum Gasteiger partial charge on any atom is -0.459 e. The molecule has 0 saturated heterocycles. The van der Waals surface area contributed by atoms with E-state index in [0.717, 1.165) is 0 Å². The number of amides is 3. The summed E-state index contributed by atoms with van der Waals surface area (Å²) in [6, 6.07) is 3.92. The fraction of sp³-hybridized carbons (Fsp3) is 0.474. The highest BCUT2D eigenvalue weighted by Crippen LogP contribution is 2.26.